The van der Waals surface area contributed by atoms with Crippen molar-refractivity contribution >= 4 is 16.9 Å². The van der Waals surface area contributed by atoms with E-state index < -0.39 is 11.8 Å². The predicted octanol–water partition coefficient (Wildman–Crippen LogP) is 7.52. The standard InChI is InChI=1S/C33H35NO5/c1-33(2,3)38-32(35)39-34-20-19-30(26-14-16-28(17-15-26)36-23-24-9-5-4-6-10-24)31(22-34)37-29-18-13-25-11-7-8-12-27(25)21-29/h4-18,21,30-31H,19-20,22-23H2,1-3H3. The number of nitrogens with zero attached hydrogens (tertiary/aromatic N) is 1. The van der Waals surface area contributed by atoms with Gasteiger partial charge >= 0.3 is 6.16 Å². The van der Waals surface area contributed by atoms with Crippen molar-refractivity contribution in [2.75, 3.05) is 13.1 Å². The van der Waals surface area contributed by atoms with Gasteiger partial charge in [0.2, 0.25) is 0 Å². The Hall–Kier alpha value is -4.03. The first kappa shape index (κ1) is 26.6. The van der Waals surface area contributed by atoms with Gasteiger partial charge < -0.3 is 19.0 Å². The van der Waals surface area contributed by atoms with Crippen LogP contribution in [0.5, 0.6) is 11.5 Å². The molecular formula is C33H35NO5. The first-order valence-electron chi connectivity index (χ1n) is 13.4. The molecule has 6 nitrogen and oxygen atoms in total. The number of ether oxygens (including phenoxy) is 3. The highest BCUT2D eigenvalue weighted by atomic mass is 16.8. The summed E-state index contributed by atoms with van der Waals surface area (Å²) in [6.07, 6.45) is -0.186. The third-order valence-corrected chi connectivity index (χ3v) is 6.68. The zero-order valence-electron chi connectivity index (χ0n) is 22.7. The Kier molecular flexibility index (Phi) is 8.03. The summed E-state index contributed by atoms with van der Waals surface area (Å²) in [6, 6.07) is 32.7. The van der Waals surface area contributed by atoms with Crippen molar-refractivity contribution in [2.24, 2.45) is 0 Å². The predicted molar refractivity (Wildman–Crippen MR) is 152 cm³/mol. The minimum atomic E-state index is -0.703. The van der Waals surface area contributed by atoms with Crippen LogP contribution in [0.25, 0.3) is 10.8 Å². The Morgan fingerprint density at radius 1 is 0.846 bits per heavy atom. The van der Waals surface area contributed by atoms with Crippen LogP contribution in [0, 0.1) is 0 Å². The molecule has 1 heterocycles. The number of carbonyl (C=O) groups is 1. The van der Waals surface area contributed by atoms with E-state index in [4.69, 9.17) is 19.0 Å². The van der Waals surface area contributed by atoms with Crippen LogP contribution < -0.4 is 9.47 Å². The lowest BCUT2D eigenvalue weighted by Crippen LogP contribution is -2.46. The van der Waals surface area contributed by atoms with Crippen LogP contribution in [0.1, 0.15) is 44.2 Å². The zero-order chi connectivity index (χ0) is 27.2. The maximum absolute atomic E-state index is 12.4. The van der Waals surface area contributed by atoms with Crippen LogP contribution in [-0.4, -0.2) is 36.0 Å². The number of hydrogen-bond acceptors (Lipinski definition) is 6. The summed E-state index contributed by atoms with van der Waals surface area (Å²) in [4.78, 5) is 17.9. The van der Waals surface area contributed by atoms with E-state index in [1.807, 2.05) is 69.3 Å². The van der Waals surface area contributed by atoms with E-state index in [-0.39, 0.29) is 12.0 Å². The van der Waals surface area contributed by atoms with Crippen LogP contribution in [0.2, 0.25) is 0 Å². The smallest absolute Gasteiger partial charge is 0.489 e. The third-order valence-electron chi connectivity index (χ3n) is 6.68. The second-order valence-electron chi connectivity index (χ2n) is 10.8. The molecule has 1 aliphatic heterocycles. The summed E-state index contributed by atoms with van der Waals surface area (Å²) in [5, 5.41) is 3.92. The van der Waals surface area contributed by atoms with Crippen molar-refractivity contribution in [1.29, 1.82) is 0 Å². The van der Waals surface area contributed by atoms with Gasteiger partial charge in [-0.3, -0.25) is 0 Å². The summed E-state index contributed by atoms with van der Waals surface area (Å²) in [6.45, 7) is 6.98. The molecule has 6 heteroatoms. The number of piperidine rings is 1. The molecule has 0 aliphatic carbocycles. The lowest BCUT2D eigenvalue weighted by atomic mass is 9.87. The van der Waals surface area contributed by atoms with Gasteiger partial charge in [-0.2, -0.15) is 0 Å². The van der Waals surface area contributed by atoms with Gasteiger partial charge in [0.25, 0.3) is 0 Å². The molecule has 2 unspecified atom stereocenters. The molecule has 4 aromatic rings. The maximum Gasteiger partial charge on any atom is 0.528 e. The molecule has 0 bridgehead atoms. The minimum absolute atomic E-state index is 0.109. The van der Waals surface area contributed by atoms with E-state index in [0.29, 0.717) is 19.7 Å². The van der Waals surface area contributed by atoms with Crippen LogP contribution >= 0.6 is 0 Å². The van der Waals surface area contributed by atoms with E-state index in [9.17, 15) is 4.79 Å². The van der Waals surface area contributed by atoms with Crippen molar-refractivity contribution in [3.63, 3.8) is 0 Å². The summed E-state index contributed by atoms with van der Waals surface area (Å²) in [5.74, 6) is 1.71. The second kappa shape index (κ2) is 11.8. The SMILES string of the molecule is CC(C)(C)OC(=O)ON1CCC(c2ccc(OCc3ccccc3)cc2)C(Oc2ccc3ccccc3c2)C1. The van der Waals surface area contributed by atoms with E-state index in [1.165, 1.54) is 0 Å². The van der Waals surface area contributed by atoms with Crippen molar-refractivity contribution in [1.82, 2.24) is 5.06 Å². The summed E-state index contributed by atoms with van der Waals surface area (Å²) in [5.41, 5.74) is 1.66. The normalized spacial score (nSPS) is 17.9. The molecule has 0 N–H and O–H groups in total. The number of benzene rings is 4. The molecule has 0 radical (unpaired) electrons. The van der Waals surface area contributed by atoms with Gasteiger partial charge in [0, 0.05) is 12.5 Å². The molecule has 1 fully saturated rings. The minimum Gasteiger partial charge on any atom is -0.489 e. The Bertz CT molecular complexity index is 1380. The molecule has 1 saturated heterocycles. The number of hydrogen-bond donors (Lipinski definition) is 0. The first-order valence-corrected chi connectivity index (χ1v) is 13.4. The summed E-state index contributed by atoms with van der Waals surface area (Å²) in [7, 11) is 0. The molecular weight excluding hydrogens is 490 g/mol. The van der Waals surface area contributed by atoms with Crippen LogP contribution in [-0.2, 0) is 16.2 Å². The molecule has 1 aliphatic rings. The number of hydroxylamine groups is 2. The lowest BCUT2D eigenvalue weighted by Gasteiger charge is -2.37. The molecule has 0 amide bonds. The van der Waals surface area contributed by atoms with Crippen molar-refractivity contribution in [3.8, 4) is 11.5 Å². The topological polar surface area (TPSA) is 57.2 Å². The van der Waals surface area contributed by atoms with Gasteiger partial charge in [-0.25, -0.2) is 4.79 Å². The van der Waals surface area contributed by atoms with Gasteiger partial charge in [-0.05, 0) is 73.4 Å². The largest absolute Gasteiger partial charge is 0.528 e. The van der Waals surface area contributed by atoms with Crippen molar-refractivity contribution < 1.29 is 23.8 Å². The van der Waals surface area contributed by atoms with Gasteiger partial charge in [0.05, 0.1) is 6.54 Å². The van der Waals surface area contributed by atoms with Crippen LogP contribution in [0.15, 0.2) is 97.1 Å². The van der Waals surface area contributed by atoms with E-state index in [2.05, 4.69) is 48.5 Å². The van der Waals surface area contributed by atoms with Crippen LogP contribution in [0.4, 0.5) is 4.79 Å². The monoisotopic (exact) mass is 525 g/mol. The van der Waals surface area contributed by atoms with Crippen molar-refractivity contribution in [3.05, 3.63) is 108 Å². The molecule has 2 atom stereocenters. The Morgan fingerprint density at radius 3 is 2.28 bits per heavy atom. The highest BCUT2D eigenvalue weighted by Crippen LogP contribution is 2.34. The van der Waals surface area contributed by atoms with Crippen molar-refractivity contribution in [2.45, 2.75) is 51.4 Å². The fraction of sp³-hybridized carbons (Fsp3) is 0.303. The molecule has 0 spiro atoms. The number of fused-ring (bicyclic) bond motifs is 1. The van der Waals surface area contributed by atoms with E-state index >= 15 is 0 Å². The summed E-state index contributed by atoms with van der Waals surface area (Å²) < 4.78 is 17.9. The quantitative estimate of drug-likeness (QED) is 0.233. The molecule has 0 aromatic heterocycles. The van der Waals surface area contributed by atoms with E-state index in [1.54, 1.807) is 5.06 Å². The highest BCUT2D eigenvalue weighted by Gasteiger charge is 2.35. The molecule has 202 valence electrons. The zero-order valence-corrected chi connectivity index (χ0v) is 22.7. The molecule has 4 aromatic carbocycles. The van der Waals surface area contributed by atoms with Gasteiger partial charge in [0.1, 0.15) is 29.8 Å². The fourth-order valence-corrected chi connectivity index (χ4v) is 4.81. The molecule has 5 rings (SSSR count). The third kappa shape index (κ3) is 7.30. The maximum atomic E-state index is 12.4. The Labute approximate surface area is 230 Å². The number of rotatable bonds is 7. The summed E-state index contributed by atoms with van der Waals surface area (Å²) >= 11 is 0. The van der Waals surface area contributed by atoms with Gasteiger partial charge in [-0.15, -0.1) is 5.06 Å². The number of carbonyl (C=O) groups excluding carboxylic acids is 1. The fourth-order valence-electron chi connectivity index (χ4n) is 4.81. The average molecular weight is 526 g/mol. The Morgan fingerprint density at radius 2 is 1.54 bits per heavy atom. The average Bonchev–Trinajstić information content (AvgIpc) is 2.92. The molecule has 39 heavy (non-hydrogen) atoms. The van der Waals surface area contributed by atoms with Gasteiger partial charge in [-0.1, -0.05) is 72.8 Å². The lowest BCUT2D eigenvalue weighted by molar-refractivity contribution is -0.167. The highest BCUT2D eigenvalue weighted by molar-refractivity contribution is 5.83. The second-order valence-corrected chi connectivity index (χ2v) is 10.8. The Balaban J connectivity index is 1.31. The first-order chi connectivity index (χ1) is 18.8. The van der Waals surface area contributed by atoms with Gasteiger partial charge in [0.15, 0.2) is 0 Å². The molecule has 0 saturated carbocycles. The van der Waals surface area contributed by atoms with Crippen LogP contribution in [0.3, 0.4) is 0 Å². The van der Waals surface area contributed by atoms with E-state index in [0.717, 1.165) is 39.8 Å².